The van der Waals surface area contributed by atoms with E-state index in [0.717, 1.165) is 28.6 Å². The Morgan fingerprint density at radius 2 is 1.74 bits per heavy atom. The average Bonchev–Trinajstić information content (AvgIpc) is 2.42. The van der Waals surface area contributed by atoms with Gasteiger partial charge in [-0.25, -0.2) is 0 Å². The lowest BCUT2D eigenvalue weighted by Crippen LogP contribution is -2.25. The lowest BCUT2D eigenvalue weighted by atomic mass is 9.99. The molecule has 0 saturated heterocycles. The molecule has 2 rings (SSSR count). The van der Waals surface area contributed by atoms with Gasteiger partial charge in [-0.15, -0.1) is 0 Å². The predicted molar refractivity (Wildman–Crippen MR) is 82.5 cm³/mol. The van der Waals surface area contributed by atoms with E-state index in [-0.39, 0.29) is 6.04 Å². The molecular weight excluding hydrogens is 302 g/mol. The van der Waals surface area contributed by atoms with E-state index in [4.69, 9.17) is 10.5 Å². The molecule has 100 valence electrons. The Hall–Kier alpha value is -1.32. The molecule has 2 aromatic rings. The average molecular weight is 320 g/mol. The van der Waals surface area contributed by atoms with E-state index in [1.165, 1.54) is 5.56 Å². The number of nitrogens with two attached hydrogens (primary N) is 1. The Balaban J connectivity index is 2.01. The Bertz CT molecular complexity index is 525. The zero-order valence-corrected chi connectivity index (χ0v) is 12.6. The van der Waals surface area contributed by atoms with Gasteiger partial charge in [0.25, 0.3) is 0 Å². The molecule has 1 unspecified atom stereocenters. The van der Waals surface area contributed by atoms with Gasteiger partial charge in [-0.3, -0.25) is 0 Å². The van der Waals surface area contributed by atoms with Crippen molar-refractivity contribution in [3.63, 3.8) is 0 Å². The molecule has 0 saturated carbocycles. The Kier molecular flexibility index (Phi) is 5.00. The number of rotatable bonds is 5. The van der Waals surface area contributed by atoms with Crippen LogP contribution in [0.3, 0.4) is 0 Å². The standard InChI is InChI=1S/C16H18BrNO/c1-19-16-5-3-2-4-13(16)11-15(18)10-12-6-8-14(17)9-7-12/h2-9,15H,10-11,18H2,1H3. The molecule has 19 heavy (non-hydrogen) atoms. The normalized spacial score (nSPS) is 12.2. The SMILES string of the molecule is COc1ccccc1CC(N)Cc1ccc(Br)cc1. The van der Waals surface area contributed by atoms with Crippen LogP contribution in [0.25, 0.3) is 0 Å². The van der Waals surface area contributed by atoms with Crippen molar-refractivity contribution in [3.8, 4) is 5.75 Å². The minimum atomic E-state index is 0.0949. The first-order valence-corrected chi connectivity index (χ1v) is 7.10. The molecule has 0 aliphatic carbocycles. The monoisotopic (exact) mass is 319 g/mol. The van der Waals surface area contributed by atoms with Crippen LogP contribution in [-0.4, -0.2) is 13.2 Å². The number of hydrogen-bond donors (Lipinski definition) is 1. The number of ether oxygens (including phenoxy) is 1. The van der Waals surface area contributed by atoms with Crippen molar-refractivity contribution in [2.45, 2.75) is 18.9 Å². The van der Waals surface area contributed by atoms with Gasteiger partial charge >= 0.3 is 0 Å². The lowest BCUT2D eigenvalue weighted by Gasteiger charge is -2.14. The van der Waals surface area contributed by atoms with Crippen LogP contribution in [0.1, 0.15) is 11.1 Å². The molecule has 0 fully saturated rings. The van der Waals surface area contributed by atoms with Gasteiger partial charge in [0.15, 0.2) is 0 Å². The third-order valence-corrected chi connectivity index (χ3v) is 3.61. The van der Waals surface area contributed by atoms with Crippen molar-refractivity contribution in [3.05, 3.63) is 64.1 Å². The van der Waals surface area contributed by atoms with Gasteiger partial charge in [0, 0.05) is 10.5 Å². The van der Waals surface area contributed by atoms with E-state index in [1.807, 2.05) is 30.3 Å². The van der Waals surface area contributed by atoms with E-state index in [0.29, 0.717) is 0 Å². The molecule has 0 aliphatic heterocycles. The topological polar surface area (TPSA) is 35.2 Å². The summed E-state index contributed by atoms with van der Waals surface area (Å²) in [7, 11) is 1.69. The molecular formula is C16H18BrNO. The highest BCUT2D eigenvalue weighted by Gasteiger charge is 2.09. The van der Waals surface area contributed by atoms with Crippen molar-refractivity contribution < 1.29 is 4.74 Å². The molecule has 0 radical (unpaired) electrons. The second kappa shape index (κ2) is 6.73. The van der Waals surface area contributed by atoms with Crippen molar-refractivity contribution in [1.29, 1.82) is 0 Å². The van der Waals surface area contributed by atoms with Crippen LogP contribution < -0.4 is 10.5 Å². The number of para-hydroxylation sites is 1. The third-order valence-electron chi connectivity index (χ3n) is 3.09. The van der Waals surface area contributed by atoms with Gasteiger partial charge in [-0.1, -0.05) is 46.3 Å². The van der Waals surface area contributed by atoms with Crippen LogP contribution in [0.15, 0.2) is 53.0 Å². The summed E-state index contributed by atoms with van der Waals surface area (Å²) in [5, 5.41) is 0. The fourth-order valence-corrected chi connectivity index (χ4v) is 2.41. The van der Waals surface area contributed by atoms with Crippen LogP contribution in [0.5, 0.6) is 5.75 Å². The Morgan fingerprint density at radius 1 is 1.05 bits per heavy atom. The molecule has 2 aromatic carbocycles. The number of benzene rings is 2. The molecule has 0 bridgehead atoms. The zero-order valence-electron chi connectivity index (χ0n) is 11.0. The van der Waals surface area contributed by atoms with Crippen molar-refractivity contribution in [2.75, 3.05) is 7.11 Å². The van der Waals surface area contributed by atoms with E-state index >= 15 is 0 Å². The van der Waals surface area contributed by atoms with Gasteiger partial charge in [0.2, 0.25) is 0 Å². The second-order valence-electron chi connectivity index (χ2n) is 4.61. The Labute approximate surface area is 122 Å². The van der Waals surface area contributed by atoms with Crippen LogP contribution >= 0.6 is 15.9 Å². The number of hydrogen-bond acceptors (Lipinski definition) is 2. The highest BCUT2D eigenvalue weighted by molar-refractivity contribution is 9.10. The third kappa shape index (κ3) is 4.08. The van der Waals surface area contributed by atoms with Crippen LogP contribution in [-0.2, 0) is 12.8 Å². The largest absolute Gasteiger partial charge is 0.496 e. The number of methoxy groups -OCH3 is 1. The maximum absolute atomic E-state index is 6.23. The quantitative estimate of drug-likeness (QED) is 0.914. The minimum Gasteiger partial charge on any atom is -0.496 e. The summed E-state index contributed by atoms with van der Waals surface area (Å²) in [5.74, 6) is 0.911. The van der Waals surface area contributed by atoms with E-state index < -0.39 is 0 Å². The summed E-state index contributed by atoms with van der Waals surface area (Å²) in [6, 6.07) is 16.4. The molecule has 0 spiro atoms. The molecule has 2 nitrogen and oxygen atoms in total. The second-order valence-corrected chi connectivity index (χ2v) is 5.52. The lowest BCUT2D eigenvalue weighted by molar-refractivity contribution is 0.408. The summed E-state index contributed by atoms with van der Waals surface area (Å²) in [6.45, 7) is 0. The minimum absolute atomic E-state index is 0.0949. The van der Waals surface area contributed by atoms with Crippen LogP contribution in [0, 0.1) is 0 Å². The summed E-state index contributed by atoms with van der Waals surface area (Å²) < 4.78 is 6.44. The smallest absolute Gasteiger partial charge is 0.122 e. The first kappa shape index (κ1) is 14.1. The fourth-order valence-electron chi connectivity index (χ4n) is 2.15. The van der Waals surface area contributed by atoms with Crippen LogP contribution in [0.2, 0.25) is 0 Å². The summed E-state index contributed by atoms with van der Waals surface area (Å²) in [6.07, 6.45) is 1.69. The molecule has 3 heteroatoms. The highest BCUT2D eigenvalue weighted by Crippen LogP contribution is 2.20. The van der Waals surface area contributed by atoms with E-state index in [1.54, 1.807) is 7.11 Å². The zero-order chi connectivity index (χ0) is 13.7. The Morgan fingerprint density at radius 3 is 2.42 bits per heavy atom. The molecule has 0 heterocycles. The molecule has 0 amide bonds. The highest BCUT2D eigenvalue weighted by atomic mass is 79.9. The predicted octanol–water partition coefficient (Wildman–Crippen LogP) is 3.57. The molecule has 0 aromatic heterocycles. The van der Waals surface area contributed by atoms with Gasteiger partial charge < -0.3 is 10.5 Å². The van der Waals surface area contributed by atoms with E-state index in [2.05, 4.69) is 34.1 Å². The van der Waals surface area contributed by atoms with Crippen LogP contribution in [0.4, 0.5) is 0 Å². The number of halogens is 1. The van der Waals surface area contributed by atoms with Gasteiger partial charge in [-0.05, 0) is 42.2 Å². The van der Waals surface area contributed by atoms with Crippen molar-refractivity contribution in [1.82, 2.24) is 0 Å². The summed E-state index contributed by atoms with van der Waals surface area (Å²) >= 11 is 3.44. The van der Waals surface area contributed by atoms with Crippen molar-refractivity contribution >= 4 is 15.9 Å². The first-order chi connectivity index (χ1) is 9.19. The van der Waals surface area contributed by atoms with Gasteiger partial charge in [-0.2, -0.15) is 0 Å². The summed E-state index contributed by atoms with van der Waals surface area (Å²) in [5.41, 5.74) is 8.65. The van der Waals surface area contributed by atoms with Gasteiger partial charge in [0.05, 0.1) is 7.11 Å². The molecule has 1 atom stereocenters. The first-order valence-electron chi connectivity index (χ1n) is 6.31. The van der Waals surface area contributed by atoms with E-state index in [9.17, 15) is 0 Å². The van der Waals surface area contributed by atoms with Gasteiger partial charge in [0.1, 0.15) is 5.75 Å². The maximum Gasteiger partial charge on any atom is 0.122 e. The van der Waals surface area contributed by atoms with Crippen molar-refractivity contribution in [2.24, 2.45) is 5.73 Å². The summed E-state index contributed by atoms with van der Waals surface area (Å²) in [4.78, 5) is 0. The fraction of sp³-hybridized carbons (Fsp3) is 0.250. The maximum atomic E-state index is 6.23. The molecule has 2 N–H and O–H groups in total. The molecule has 0 aliphatic rings.